The molecule has 1 aromatic heterocycles. The molecule has 0 bridgehead atoms. The highest BCUT2D eigenvalue weighted by atomic mass is 35.5. The zero-order valence-electron chi connectivity index (χ0n) is 13.5. The van der Waals surface area contributed by atoms with Crippen LogP contribution in [0.25, 0.3) is 0 Å². The van der Waals surface area contributed by atoms with E-state index in [1.807, 2.05) is 0 Å². The molecule has 1 heterocycles. The molecule has 6 nitrogen and oxygen atoms in total. The zero-order chi connectivity index (χ0) is 17.9. The van der Waals surface area contributed by atoms with Crippen molar-refractivity contribution >= 4 is 38.9 Å². The van der Waals surface area contributed by atoms with E-state index in [1.165, 1.54) is 19.2 Å². The molecule has 8 heteroatoms. The van der Waals surface area contributed by atoms with Gasteiger partial charge in [0.05, 0.1) is 23.8 Å². The van der Waals surface area contributed by atoms with Crippen LogP contribution in [0, 0.1) is 6.92 Å². The number of nitrogens with one attached hydrogen (secondary N) is 1. The Labute approximate surface area is 146 Å². The molecule has 1 N–H and O–H groups in total. The summed E-state index contributed by atoms with van der Waals surface area (Å²) in [6, 6.07) is 7.30. The van der Waals surface area contributed by atoms with Gasteiger partial charge in [0.2, 0.25) is 15.9 Å². The van der Waals surface area contributed by atoms with Crippen LogP contribution in [-0.4, -0.2) is 31.6 Å². The van der Waals surface area contributed by atoms with Crippen molar-refractivity contribution in [3.63, 3.8) is 0 Å². The summed E-state index contributed by atoms with van der Waals surface area (Å²) in [5.41, 5.74) is 1.57. The number of benzene rings is 1. The molecule has 0 spiro atoms. The molecule has 2 aromatic rings. The predicted octanol–water partition coefficient (Wildman–Crippen LogP) is 2.84. The minimum absolute atomic E-state index is 0.374. The highest BCUT2D eigenvalue weighted by Gasteiger charge is 2.30. The average Bonchev–Trinajstić information content (AvgIpc) is 2.50. The predicted molar refractivity (Wildman–Crippen MR) is 95.8 cm³/mol. The van der Waals surface area contributed by atoms with E-state index in [4.69, 9.17) is 11.6 Å². The Hall–Kier alpha value is -2.12. The maximum Gasteiger partial charge on any atom is 0.248 e. The molecule has 24 heavy (non-hydrogen) atoms. The summed E-state index contributed by atoms with van der Waals surface area (Å²) >= 11 is 5.99. The summed E-state index contributed by atoms with van der Waals surface area (Å²) in [6.07, 6.45) is 4.12. The second-order valence-electron chi connectivity index (χ2n) is 5.40. The fourth-order valence-corrected chi connectivity index (χ4v) is 3.67. The van der Waals surface area contributed by atoms with Crippen LogP contribution in [0.4, 0.5) is 11.4 Å². The number of carbonyl (C=O) groups excluding carboxylic acids is 1. The van der Waals surface area contributed by atoms with Crippen LogP contribution in [0.5, 0.6) is 0 Å². The SMILES string of the molecule is Cc1ccc(Cl)cc1N(C(C)C(=O)Nc1cccnc1)S(C)(=O)=O. The number of aryl methyl sites for hydroxylation is 1. The first-order valence-corrected chi connectivity index (χ1v) is 9.39. The summed E-state index contributed by atoms with van der Waals surface area (Å²) in [7, 11) is -3.70. The second-order valence-corrected chi connectivity index (χ2v) is 7.69. The van der Waals surface area contributed by atoms with E-state index in [1.54, 1.807) is 37.4 Å². The fraction of sp³-hybridized carbons (Fsp3) is 0.250. The number of hydrogen-bond donors (Lipinski definition) is 1. The van der Waals surface area contributed by atoms with E-state index < -0.39 is 22.0 Å². The van der Waals surface area contributed by atoms with E-state index in [-0.39, 0.29) is 0 Å². The molecule has 0 saturated heterocycles. The van der Waals surface area contributed by atoms with Crippen molar-refractivity contribution in [3.8, 4) is 0 Å². The number of amides is 1. The Balaban J connectivity index is 2.38. The Morgan fingerprint density at radius 2 is 2.04 bits per heavy atom. The molecule has 1 amide bonds. The molecule has 0 fully saturated rings. The van der Waals surface area contributed by atoms with Crippen LogP contribution in [0.3, 0.4) is 0 Å². The van der Waals surface area contributed by atoms with Gasteiger partial charge in [0, 0.05) is 11.2 Å². The normalized spacial score (nSPS) is 12.5. The van der Waals surface area contributed by atoms with Gasteiger partial charge in [-0.25, -0.2) is 8.42 Å². The summed E-state index contributed by atoms with van der Waals surface area (Å²) < 4.78 is 25.6. The van der Waals surface area contributed by atoms with Crippen molar-refractivity contribution in [2.75, 3.05) is 15.9 Å². The van der Waals surface area contributed by atoms with Gasteiger partial charge in [0.15, 0.2) is 0 Å². The van der Waals surface area contributed by atoms with Crippen LogP contribution in [0.15, 0.2) is 42.7 Å². The van der Waals surface area contributed by atoms with Gasteiger partial charge < -0.3 is 5.32 Å². The molecule has 1 aromatic carbocycles. The topological polar surface area (TPSA) is 79.4 Å². The van der Waals surface area contributed by atoms with E-state index >= 15 is 0 Å². The molecular weight excluding hydrogens is 350 g/mol. The minimum Gasteiger partial charge on any atom is -0.323 e. The van der Waals surface area contributed by atoms with Crippen LogP contribution >= 0.6 is 11.6 Å². The fourth-order valence-electron chi connectivity index (χ4n) is 2.28. The highest BCUT2D eigenvalue weighted by Crippen LogP contribution is 2.28. The lowest BCUT2D eigenvalue weighted by molar-refractivity contribution is -0.116. The Kier molecular flexibility index (Phi) is 5.46. The third-order valence-electron chi connectivity index (χ3n) is 3.43. The Morgan fingerprint density at radius 1 is 1.33 bits per heavy atom. The van der Waals surface area contributed by atoms with E-state index in [0.717, 1.165) is 10.6 Å². The van der Waals surface area contributed by atoms with E-state index in [9.17, 15) is 13.2 Å². The number of pyridine rings is 1. The number of carbonyl (C=O) groups is 1. The van der Waals surface area contributed by atoms with Crippen molar-refractivity contribution < 1.29 is 13.2 Å². The van der Waals surface area contributed by atoms with Gasteiger partial charge in [0.1, 0.15) is 6.04 Å². The molecule has 0 saturated carbocycles. The number of anilines is 2. The highest BCUT2D eigenvalue weighted by molar-refractivity contribution is 7.92. The molecular formula is C16H18ClN3O3S. The quantitative estimate of drug-likeness (QED) is 0.881. The van der Waals surface area contributed by atoms with Gasteiger partial charge in [0.25, 0.3) is 0 Å². The minimum atomic E-state index is -3.70. The third-order valence-corrected chi connectivity index (χ3v) is 4.89. The number of halogens is 1. The molecule has 0 radical (unpaired) electrons. The maximum absolute atomic E-state index is 12.5. The first kappa shape index (κ1) is 18.2. The molecule has 0 aliphatic carbocycles. The summed E-state index contributed by atoms with van der Waals surface area (Å²) in [6.45, 7) is 3.28. The number of hydrogen-bond acceptors (Lipinski definition) is 4. The summed E-state index contributed by atoms with van der Waals surface area (Å²) in [5, 5.41) is 3.05. The zero-order valence-corrected chi connectivity index (χ0v) is 15.1. The van der Waals surface area contributed by atoms with Gasteiger partial charge >= 0.3 is 0 Å². The largest absolute Gasteiger partial charge is 0.323 e. The lowest BCUT2D eigenvalue weighted by Crippen LogP contribution is -2.45. The van der Waals surface area contributed by atoms with Crippen LogP contribution in [-0.2, 0) is 14.8 Å². The van der Waals surface area contributed by atoms with Crippen LogP contribution in [0.2, 0.25) is 5.02 Å². The summed E-state index contributed by atoms with van der Waals surface area (Å²) in [4.78, 5) is 16.4. The average molecular weight is 368 g/mol. The van der Waals surface area contributed by atoms with Crippen molar-refractivity contribution in [1.29, 1.82) is 0 Å². The number of nitrogens with zero attached hydrogens (tertiary/aromatic N) is 2. The Morgan fingerprint density at radius 3 is 2.62 bits per heavy atom. The van der Waals surface area contributed by atoms with Crippen LogP contribution in [0.1, 0.15) is 12.5 Å². The lowest BCUT2D eigenvalue weighted by atomic mass is 10.1. The molecule has 0 aliphatic rings. The standard InChI is InChI=1S/C16H18ClN3O3S/c1-11-6-7-13(17)9-15(11)20(24(3,22)23)12(2)16(21)19-14-5-4-8-18-10-14/h4-10,12H,1-3H3,(H,19,21). The lowest BCUT2D eigenvalue weighted by Gasteiger charge is -2.29. The second kappa shape index (κ2) is 7.19. The van der Waals surface area contributed by atoms with Crippen LogP contribution < -0.4 is 9.62 Å². The molecule has 1 atom stereocenters. The monoisotopic (exact) mass is 367 g/mol. The number of aromatic nitrogens is 1. The van der Waals surface area contributed by atoms with Gasteiger partial charge in [-0.05, 0) is 43.7 Å². The van der Waals surface area contributed by atoms with Crippen molar-refractivity contribution in [1.82, 2.24) is 4.98 Å². The smallest absolute Gasteiger partial charge is 0.248 e. The third kappa shape index (κ3) is 4.24. The number of sulfonamides is 1. The van der Waals surface area contributed by atoms with Gasteiger partial charge in [-0.3, -0.25) is 14.1 Å². The number of rotatable bonds is 5. The van der Waals surface area contributed by atoms with Gasteiger partial charge in [-0.15, -0.1) is 0 Å². The summed E-state index contributed by atoms with van der Waals surface area (Å²) in [5.74, 6) is -0.465. The van der Waals surface area contributed by atoms with Crippen molar-refractivity contribution in [2.45, 2.75) is 19.9 Å². The van der Waals surface area contributed by atoms with Crippen molar-refractivity contribution in [3.05, 3.63) is 53.3 Å². The Bertz CT molecular complexity index is 841. The molecule has 2 rings (SSSR count). The first-order chi connectivity index (χ1) is 11.2. The molecule has 0 aliphatic heterocycles. The van der Waals surface area contributed by atoms with Gasteiger partial charge in [-0.1, -0.05) is 17.7 Å². The molecule has 1 unspecified atom stereocenters. The molecule has 128 valence electrons. The van der Waals surface area contributed by atoms with E-state index in [0.29, 0.717) is 22.0 Å². The van der Waals surface area contributed by atoms with E-state index in [2.05, 4.69) is 10.3 Å². The first-order valence-electron chi connectivity index (χ1n) is 7.16. The van der Waals surface area contributed by atoms with Gasteiger partial charge in [-0.2, -0.15) is 0 Å². The maximum atomic E-state index is 12.5. The van der Waals surface area contributed by atoms with Crippen molar-refractivity contribution in [2.24, 2.45) is 0 Å².